The van der Waals surface area contributed by atoms with Crippen molar-refractivity contribution >= 4 is 21.6 Å². The number of piperidine rings is 1. The Balaban J connectivity index is 1.75. The van der Waals surface area contributed by atoms with Crippen LogP contribution in [0.3, 0.4) is 0 Å². The number of halogens is 1. The molecule has 0 spiro atoms. The zero-order valence-electron chi connectivity index (χ0n) is 15.1. The van der Waals surface area contributed by atoms with E-state index in [1.54, 1.807) is 24.3 Å². The maximum absolute atomic E-state index is 12.8. The van der Waals surface area contributed by atoms with E-state index in [4.69, 9.17) is 11.6 Å². The highest BCUT2D eigenvalue weighted by Gasteiger charge is 2.36. The summed E-state index contributed by atoms with van der Waals surface area (Å²) in [5.41, 5.74) is 0. The van der Waals surface area contributed by atoms with Gasteiger partial charge >= 0.3 is 0 Å². The summed E-state index contributed by atoms with van der Waals surface area (Å²) in [4.78, 5) is 2.83. The number of likely N-dealkylation sites (tertiary alicyclic amines) is 1. The molecule has 1 aliphatic heterocycles. The molecule has 1 N–H and O–H groups in total. The van der Waals surface area contributed by atoms with Crippen LogP contribution in [0.15, 0.2) is 29.2 Å². The van der Waals surface area contributed by atoms with Gasteiger partial charge in [-0.25, -0.2) is 13.1 Å². The highest BCUT2D eigenvalue weighted by molar-refractivity contribution is 7.89. The summed E-state index contributed by atoms with van der Waals surface area (Å²) >= 11 is 5.88. The summed E-state index contributed by atoms with van der Waals surface area (Å²) in [6.45, 7) is 6.76. The Labute approximate surface area is 157 Å². The van der Waals surface area contributed by atoms with Crippen molar-refractivity contribution in [1.82, 2.24) is 9.62 Å². The van der Waals surface area contributed by atoms with Gasteiger partial charge in [-0.15, -0.1) is 0 Å². The lowest BCUT2D eigenvalue weighted by Crippen LogP contribution is -2.56. The van der Waals surface area contributed by atoms with Crippen molar-refractivity contribution in [3.05, 3.63) is 29.3 Å². The fourth-order valence-electron chi connectivity index (χ4n) is 4.55. The molecule has 4 nitrogen and oxygen atoms in total. The number of nitrogens with zero attached hydrogens (tertiary/aromatic N) is 1. The number of nitrogens with one attached hydrogen (secondary N) is 1. The van der Waals surface area contributed by atoms with Crippen molar-refractivity contribution in [1.29, 1.82) is 0 Å². The van der Waals surface area contributed by atoms with E-state index < -0.39 is 10.0 Å². The summed E-state index contributed by atoms with van der Waals surface area (Å²) in [7, 11) is -3.51. The maximum atomic E-state index is 12.8. The van der Waals surface area contributed by atoms with Crippen LogP contribution in [0.25, 0.3) is 0 Å². The molecule has 2 fully saturated rings. The van der Waals surface area contributed by atoms with Crippen molar-refractivity contribution < 1.29 is 8.42 Å². The van der Waals surface area contributed by atoms with Crippen molar-refractivity contribution in [2.24, 2.45) is 11.8 Å². The summed E-state index contributed by atoms with van der Waals surface area (Å²) in [5, 5.41) is 0.547. The molecule has 0 unspecified atom stereocenters. The summed E-state index contributed by atoms with van der Waals surface area (Å²) < 4.78 is 28.6. The van der Waals surface area contributed by atoms with Gasteiger partial charge in [-0.2, -0.15) is 0 Å². The first-order valence-electron chi connectivity index (χ1n) is 9.37. The third kappa shape index (κ3) is 4.76. The van der Waals surface area contributed by atoms with Crippen molar-refractivity contribution in [2.45, 2.75) is 62.9 Å². The summed E-state index contributed by atoms with van der Waals surface area (Å²) in [6, 6.07) is 6.71. The van der Waals surface area contributed by atoms with Gasteiger partial charge in [0.1, 0.15) is 0 Å². The molecule has 1 heterocycles. The first-order chi connectivity index (χ1) is 11.8. The average molecular weight is 385 g/mol. The van der Waals surface area contributed by atoms with E-state index in [0.717, 1.165) is 32.4 Å². The number of hydrogen-bond acceptors (Lipinski definition) is 3. The van der Waals surface area contributed by atoms with E-state index in [1.165, 1.54) is 12.8 Å². The summed E-state index contributed by atoms with van der Waals surface area (Å²) in [5.74, 6) is 1.36. The second-order valence-electron chi connectivity index (χ2n) is 7.93. The minimum absolute atomic E-state index is 0.00747. The van der Waals surface area contributed by atoms with Gasteiger partial charge in [-0.05, 0) is 55.4 Å². The standard InChI is InChI=1S/C19H29ClN2O2S/c1-14-11-15(2)13-22(12-14)19-6-4-3-5-18(19)21-25(23,24)17-9-7-16(20)8-10-17/h7-10,14-15,18-19,21H,3-6,11-13H2,1-2H3/t14-,15+,18-,19+/m0/s1. The average Bonchev–Trinajstić information content (AvgIpc) is 2.54. The molecule has 140 valence electrons. The highest BCUT2D eigenvalue weighted by atomic mass is 35.5. The molecule has 0 bridgehead atoms. The second-order valence-corrected chi connectivity index (χ2v) is 10.1. The second kappa shape index (κ2) is 7.95. The lowest BCUT2D eigenvalue weighted by atomic mass is 9.85. The van der Waals surface area contributed by atoms with Crippen LogP contribution in [0.4, 0.5) is 0 Å². The smallest absolute Gasteiger partial charge is 0.240 e. The predicted octanol–water partition coefficient (Wildman–Crippen LogP) is 3.91. The van der Waals surface area contributed by atoms with Gasteiger partial charge in [0.2, 0.25) is 10.0 Å². The normalized spacial score (nSPS) is 31.8. The lowest BCUT2D eigenvalue weighted by molar-refractivity contribution is 0.0618. The Hall–Kier alpha value is -0.620. The van der Waals surface area contributed by atoms with Gasteiger partial charge in [0.25, 0.3) is 0 Å². The van der Waals surface area contributed by atoms with Gasteiger partial charge in [0.05, 0.1) is 4.90 Å². The van der Waals surface area contributed by atoms with E-state index in [0.29, 0.717) is 27.8 Å². The van der Waals surface area contributed by atoms with E-state index in [2.05, 4.69) is 23.5 Å². The van der Waals surface area contributed by atoms with E-state index in [9.17, 15) is 8.42 Å². The van der Waals surface area contributed by atoms with Crippen LogP contribution < -0.4 is 4.72 Å². The van der Waals surface area contributed by atoms with Crippen molar-refractivity contribution in [2.75, 3.05) is 13.1 Å². The molecule has 25 heavy (non-hydrogen) atoms. The first-order valence-corrected chi connectivity index (χ1v) is 11.2. The molecule has 6 heteroatoms. The molecule has 0 aromatic heterocycles. The minimum atomic E-state index is -3.51. The Kier molecular flexibility index (Phi) is 6.09. The molecule has 1 aromatic carbocycles. The molecule has 1 aromatic rings. The molecule has 0 radical (unpaired) electrons. The molecule has 1 saturated carbocycles. The van der Waals surface area contributed by atoms with Crippen LogP contribution in [0.1, 0.15) is 46.0 Å². The number of benzene rings is 1. The quantitative estimate of drug-likeness (QED) is 0.856. The Morgan fingerprint density at radius 1 is 1.04 bits per heavy atom. The van der Waals surface area contributed by atoms with Crippen LogP contribution in [0, 0.1) is 11.8 Å². The van der Waals surface area contributed by atoms with Gasteiger partial charge in [-0.3, -0.25) is 4.90 Å². The zero-order chi connectivity index (χ0) is 18.0. The van der Waals surface area contributed by atoms with Gasteiger partial charge in [0.15, 0.2) is 0 Å². The molecule has 4 atom stereocenters. The van der Waals surface area contributed by atoms with Gasteiger partial charge < -0.3 is 0 Å². The van der Waals surface area contributed by atoms with Gasteiger partial charge in [0, 0.05) is 30.2 Å². The van der Waals surface area contributed by atoms with Crippen LogP contribution in [0.5, 0.6) is 0 Å². The fourth-order valence-corrected chi connectivity index (χ4v) is 5.98. The Bertz CT molecular complexity index is 667. The van der Waals surface area contributed by atoms with Crippen LogP contribution >= 0.6 is 11.6 Å². The SMILES string of the molecule is C[C@@H]1C[C@H](C)CN([C@@H]2CCCC[C@@H]2NS(=O)(=O)c2ccc(Cl)cc2)C1. The number of hydrogen-bond donors (Lipinski definition) is 1. The maximum Gasteiger partial charge on any atom is 0.240 e. The lowest BCUT2D eigenvalue weighted by Gasteiger charge is -2.45. The molecule has 0 amide bonds. The molecule has 1 aliphatic carbocycles. The van der Waals surface area contributed by atoms with Crippen LogP contribution in [0.2, 0.25) is 5.02 Å². The number of rotatable bonds is 4. The van der Waals surface area contributed by atoms with Crippen LogP contribution in [-0.2, 0) is 10.0 Å². The van der Waals surface area contributed by atoms with Crippen molar-refractivity contribution in [3.63, 3.8) is 0 Å². The minimum Gasteiger partial charge on any atom is -0.298 e. The van der Waals surface area contributed by atoms with E-state index in [-0.39, 0.29) is 6.04 Å². The molecule has 1 saturated heterocycles. The van der Waals surface area contributed by atoms with E-state index >= 15 is 0 Å². The Morgan fingerprint density at radius 3 is 2.28 bits per heavy atom. The van der Waals surface area contributed by atoms with Gasteiger partial charge in [-0.1, -0.05) is 38.3 Å². The third-order valence-corrected chi connectivity index (χ3v) is 7.28. The fraction of sp³-hybridized carbons (Fsp3) is 0.684. The van der Waals surface area contributed by atoms with E-state index in [1.807, 2.05) is 0 Å². The molecular weight excluding hydrogens is 356 g/mol. The summed E-state index contributed by atoms with van der Waals surface area (Å²) in [6.07, 6.45) is 5.53. The van der Waals surface area contributed by atoms with Crippen LogP contribution in [-0.4, -0.2) is 38.5 Å². The first kappa shape index (κ1) is 19.2. The predicted molar refractivity (Wildman–Crippen MR) is 102 cm³/mol. The zero-order valence-corrected chi connectivity index (χ0v) is 16.7. The van der Waals surface area contributed by atoms with Crippen molar-refractivity contribution in [3.8, 4) is 0 Å². The number of sulfonamides is 1. The topological polar surface area (TPSA) is 49.4 Å². The molecular formula is C19H29ClN2O2S. The monoisotopic (exact) mass is 384 g/mol. The largest absolute Gasteiger partial charge is 0.298 e. The highest BCUT2D eigenvalue weighted by Crippen LogP contribution is 2.30. The Morgan fingerprint density at radius 2 is 1.64 bits per heavy atom. The molecule has 2 aliphatic rings. The molecule has 3 rings (SSSR count). The third-order valence-electron chi connectivity index (χ3n) is 5.53.